The van der Waals surface area contributed by atoms with Crippen LogP contribution in [0, 0.1) is 23.1 Å². The molecule has 6 nitrogen and oxygen atoms in total. The summed E-state index contributed by atoms with van der Waals surface area (Å²) >= 11 is 0. The highest BCUT2D eigenvalue weighted by Crippen LogP contribution is 2.27. The lowest BCUT2D eigenvalue weighted by Gasteiger charge is -2.30. The van der Waals surface area contributed by atoms with E-state index in [1.54, 1.807) is 29.4 Å². The van der Waals surface area contributed by atoms with E-state index in [1.807, 2.05) is 0 Å². The molecular weight excluding hydrogens is 333 g/mol. The molecule has 1 fully saturated rings. The molecule has 0 spiro atoms. The number of aromatic amines is 1. The number of nitrogens with one attached hydrogen (secondary N) is 1. The van der Waals surface area contributed by atoms with Crippen molar-refractivity contribution in [3.8, 4) is 17.3 Å². The first-order chi connectivity index (χ1) is 12.7. The Kier molecular flexibility index (Phi) is 4.09. The maximum absolute atomic E-state index is 13.7. The average Bonchev–Trinajstić information content (AvgIpc) is 3.21. The molecule has 26 heavy (non-hydrogen) atoms. The summed E-state index contributed by atoms with van der Waals surface area (Å²) in [6.45, 7) is 1.03. The molecule has 3 aromatic rings. The largest absolute Gasteiger partial charge is 0.337 e. The summed E-state index contributed by atoms with van der Waals surface area (Å²) in [5.74, 6) is -0.712. The van der Waals surface area contributed by atoms with Gasteiger partial charge in [0.1, 0.15) is 5.82 Å². The van der Waals surface area contributed by atoms with Gasteiger partial charge in [0, 0.05) is 36.3 Å². The first kappa shape index (κ1) is 16.2. The number of nitrogens with zero attached hydrogens (tertiary/aromatic N) is 4. The Morgan fingerprint density at radius 2 is 2.27 bits per heavy atom. The van der Waals surface area contributed by atoms with Crippen molar-refractivity contribution < 1.29 is 9.18 Å². The molecule has 0 saturated carbocycles. The van der Waals surface area contributed by atoms with E-state index in [-0.39, 0.29) is 11.8 Å². The molecule has 7 heteroatoms. The minimum absolute atomic E-state index is 0.147. The zero-order valence-electron chi connectivity index (χ0n) is 13.9. The van der Waals surface area contributed by atoms with Gasteiger partial charge in [-0.05, 0) is 31.0 Å². The summed E-state index contributed by atoms with van der Waals surface area (Å²) in [5, 5.41) is 16.4. The topological polar surface area (TPSA) is 85.7 Å². The van der Waals surface area contributed by atoms with E-state index in [2.05, 4.69) is 21.3 Å². The van der Waals surface area contributed by atoms with Gasteiger partial charge < -0.3 is 4.90 Å². The van der Waals surface area contributed by atoms with Gasteiger partial charge in [0.2, 0.25) is 0 Å². The highest BCUT2D eigenvalue weighted by Gasteiger charge is 2.26. The summed E-state index contributed by atoms with van der Waals surface area (Å²) < 4.78 is 13.7. The van der Waals surface area contributed by atoms with Gasteiger partial charge in [-0.2, -0.15) is 10.4 Å². The lowest BCUT2D eigenvalue weighted by molar-refractivity contribution is 0.0700. The second-order valence-electron chi connectivity index (χ2n) is 6.42. The first-order valence-electron chi connectivity index (χ1n) is 8.44. The third kappa shape index (κ3) is 2.90. The van der Waals surface area contributed by atoms with Crippen LogP contribution >= 0.6 is 0 Å². The van der Waals surface area contributed by atoms with Crippen molar-refractivity contribution in [2.75, 3.05) is 13.1 Å². The van der Waals surface area contributed by atoms with Crippen molar-refractivity contribution in [3.05, 3.63) is 48.0 Å². The quantitative estimate of drug-likeness (QED) is 0.770. The smallest absolute Gasteiger partial charge is 0.254 e. The maximum atomic E-state index is 13.7. The van der Waals surface area contributed by atoms with E-state index in [0.29, 0.717) is 35.2 Å². The van der Waals surface area contributed by atoms with E-state index in [1.165, 1.54) is 12.1 Å². The van der Waals surface area contributed by atoms with Gasteiger partial charge in [0.25, 0.3) is 5.91 Å². The molecule has 0 radical (unpaired) electrons. The fourth-order valence-corrected chi connectivity index (χ4v) is 3.35. The second kappa shape index (κ2) is 6.56. The van der Waals surface area contributed by atoms with Crippen LogP contribution in [0.5, 0.6) is 0 Å². The first-order valence-corrected chi connectivity index (χ1v) is 8.44. The van der Waals surface area contributed by atoms with Crippen molar-refractivity contribution in [2.24, 2.45) is 5.92 Å². The van der Waals surface area contributed by atoms with E-state index in [9.17, 15) is 14.4 Å². The number of rotatable bonds is 2. The van der Waals surface area contributed by atoms with Crippen molar-refractivity contribution in [3.63, 3.8) is 0 Å². The number of amides is 1. The summed E-state index contributed by atoms with van der Waals surface area (Å²) in [4.78, 5) is 19.3. The zero-order chi connectivity index (χ0) is 18.1. The second-order valence-corrected chi connectivity index (χ2v) is 6.42. The molecule has 0 unspecified atom stereocenters. The van der Waals surface area contributed by atoms with Crippen LogP contribution in [-0.2, 0) is 0 Å². The molecule has 130 valence electrons. The molecule has 1 saturated heterocycles. The third-order valence-electron chi connectivity index (χ3n) is 4.69. The molecule has 1 atom stereocenters. The number of pyridine rings is 1. The molecule has 3 heterocycles. The summed E-state index contributed by atoms with van der Waals surface area (Å²) in [5.41, 5.74) is 2.15. The van der Waals surface area contributed by atoms with E-state index < -0.39 is 5.82 Å². The van der Waals surface area contributed by atoms with Crippen LogP contribution in [-0.4, -0.2) is 39.1 Å². The highest BCUT2D eigenvalue weighted by molar-refractivity contribution is 6.07. The van der Waals surface area contributed by atoms with Gasteiger partial charge in [-0.1, -0.05) is 0 Å². The standard InChI is InChI=1S/C19H16FN5O/c20-14-3-4-15-16(19(26)25-5-1-2-12(8-21)11-25)7-17(24-18(15)6-14)13-9-22-23-10-13/h3-4,6-7,9-10,12H,1-2,5,11H2,(H,22,23)/t12-/m0/s1. The summed E-state index contributed by atoms with van der Waals surface area (Å²) in [7, 11) is 0. The van der Waals surface area contributed by atoms with Gasteiger partial charge in [0.15, 0.2) is 0 Å². The number of benzene rings is 1. The predicted molar refractivity (Wildman–Crippen MR) is 93.5 cm³/mol. The van der Waals surface area contributed by atoms with Crippen molar-refractivity contribution in [1.29, 1.82) is 5.26 Å². The zero-order valence-corrected chi connectivity index (χ0v) is 13.9. The van der Waals surface area contributed by atoms with Gasteiger partial charge in [-0.3, -0.25) is 9.89 Å². The highest BCUT2D eigenvalue weighted by atomic mass is 19.1. The van der Waals surface area contributed by atoms with Gasteiger partial charge >= 0.3 is 0 Å². The summed E-state index contributed by atoms with van der Waals surface area (Å²) in [6, 6.07) is 8.19. The number of fused-ring (bicyclic) bond motifs is 1. The van der Waals surface area contributed by atoms with Crippen LogP contribution in [0.4, 0.5) is 4.39 Å². The van der Waals surface area contributed by atoms with Crippen LogP contribution in [0.25, 0.3) is 22.2 Å². The Hall–Kier alpha value is -3.27. The Bertz CT molecular complexity index is 1010. The number of hydrogen-bond donors (Lipinski definition) is 1. The van der Waals surface area contributed by atoms with E-state index in [0.717, 1.165) is 18.4 Å². The molecule has 0 aliphatic carbocycles. The number of halogens is 1. The normalized spacial score (nSPS) is 17.2. The minimum Gasteiger partial charge on any atom is -0.337 e. The van der Waals surface area contributed by atoms with E-state index >= 15 is 0 Å². The average molecular weight is 349 g/mol. The van der Waals surface area contributed by atoms with Crippen LogP contribution in [0.15, 0.2) is 36.7 Å². The number of likely N-dealkylation sites (tertiary alicyclic amines) is 1. The summed E-state index contributed by atoms with van der Waals surface area (Å²) in [6.07, 6.45) is 4.89. The number of carbonyl (C=O) groups excluding carboxylic acids is 1. The van der Waals surface area contributed by atoms with Crippen molar-refractivity contribution in [2.45, 2.75) is 12.8 Å². The molecule has 1 N–H and O–H groups in total. The van der Waals surface area contributed by atoms with Gasteiger partial charge in [0.05, 0.1) is 35.0 Å². The monoisotopic (exact) mass is 349 g/mol. The van der Waals surface area contributed by atoms with Crippen LogP contribution in [0.3, 0.4) is 0 Å². The Labute approximate surface area is 149 Å². The molecule has 0 bridgehead atoms. The molecule has 1 aliphatic heterocycles. The molecular formula is C19H16FN5O. The number of aromatic nitrogens is 3. The molecule has 1 aromatic carbocycles. The minimum atomic E-state index is -0.407. The van der Waals surface area contributed by atoms with Crippen LogP contribution in [0.1, 0.15) is 23.2 Å². The fraction of sp³-hybridized carbons (Fsp3) is 0.263. The fourth-order valence-electron chi connectivity index (χ4n) is 3.35. The maximum Gasteiger partial charge on any atom is 0.254 e. The number of nitriles is 1. The van der Waals surface area contributed by atoms with E-state index in [4.69, 9.17) is 0 Å². The van der Waals surface area contributed by atoms with Crippen LogP contribution in [0.2, 0.25) is 0 Å². The Balaban J connectivity index is 1.82. The SMILES string of the molecule is N#C[C@@H]1CCCN(C(=O)c2cc(-c3cn[nH]c3)nc3cc(F)ccc23)C1. The molecule has 2 aromatic heterocycles. The Morgan fingerprint density at radius 3 is 3.04 bits per heavy atom. The van der Waals surface area contributed by atoms with Gasteiger partial charge in [-0.25, -0.2) is 9.37 Å². The Morgan fingerprint density at radius 1 is 1.38 bits per heavy atom. The van der Waals surface area contributed by atoms with Crippen LogP contribution < -0.4 is 0 Å². The number of H-pyrrole nitrogens is 1. The number of hydrogen-bond acceptors (Lipinski definition) is 4. The predicted octanol–water partition coefficient (Wildman–Crippen LogP) is 3.14. The lowest BCUT2D eigenvalue weighted by atomic mass is 9.98. The van der Waals surface area contributed by atoms with Crippen molar-refractivity contribution >= 4 is 16.8 Å². The molecule has 1 amide bonds. The molecule has 1 aliphatic rings. The lowest BCUT2D eigenvalue weighted by Crippen LogP contribution is -2.39. The molecule has 4 rings (SSSR count). The third-order valence-corrected chi connectivity index (χ3v) is 4.69. The number of carbonyl (C=O) groups is 1. The number of piperidine rings is 1. The van der Waals surface area contributed by atoms with Gasteiger partial charge in [-0.15, -0.1) is 0 Å². The van der Waals surface area contributed by atoms with Crippen molar-refractivity contribution in [1.82, 2.24) is 20.1 Å².